The second-order valence-electron chi connectivity index (χ2n) is 16.7. The Kier molecular flexibility index (Phi) is 9.38. The number of nitrogens with one attached hydrogen (secondary N) is 2. The third-order valence-electron chi connectivity index (χ3n) is 11.8. The first-order valence-corrected chi connectivity index (χ1v) is 19.9. The normalized spacial score (nSPS) is 17.8. The molecule has 2 fully saturated rings. The van der Waals surface area contributed by atoms with Crippen molar-refractivity contribution in [3.8, 4) is 11.3 Å². The predicted molar refractivity (Wildman–Crippen MR) is 216 cm³/mol. The van der Waals surface area contributed by atoms with Crippen LogP contribution in [0.25, 0.3) is 27.5 Å². The van der Waals surface area contributed by atoms with Gasteiger partial charge in [0.15, 0.2) is 0 Å². The van der Waals surface area contributed by atoms with E-state index in [2.05, 4.69) is 66.2 Å². The summed E-state index contributed by atoms with van der Waals surface area (Å²) in [7, 11) is 0. The van der Waals surface area contributed by atoms with E-state index in [4.69, 9.17) is 4.52 Å². The number of anilines is 1. The van der Waals surface area contributed by atoms with Gasteiger partial charge in [0.05, 0.1) is 16.9 Å². The molecule has 0 saturated carbocycles. The van der Waals surface area contributed by atoms with Gasteiger partial charge in [-0.25, -0.2) is 9.50 Å². The molecule has 2 saturated heterocycles. The minimum Gasteiger partial charge on any atom is -0.345 e. The number of amides is 4. The molecule has 3 aromatic carbocycles. The van der Waals surface area contributed by atoms with E-state index >= 15 is 0 Å². The topological polar surface area (TPSA) is 168 Å². The molecule has 58 heavy (non-hydrogen) atoms. The summed E-state index contributed by atoms with van der Waals surface area (Å²) >= 11 is 0. The zero-order valence-electron chi connectivity index (χ0n) is 33.0. The number of fused-ring (bicyclic) bond motifs is 1. The van der Waals surface area contributed by atoms with Crippen LogP contribution < -0.4 is 15.5 Å². The number of benzene rings is 3. The molecule has 0 radical (unpaired) electrons. The van der Waals surface area contributed by atoms with E-state index in [1.807, 2.05) is 62.5 Å². The van der Waals surface area contributed by atoms with Crippen LogP contribution in [0.15, 0.2) is 71.6 Å². The fourth-order valence-corrected chi connectivity index (χ4v) is 8.64. The molecule has 0 spiro atoms. The maximum atomic E-state index is 13.6. The fraction of sp³-hybridized carbons (Fsp3) is 0.364. The van der Waals surface area contributed by atoms with Crippen molar-refractivity contribution in [2.24, 2.45) is 0 Å². The molecule has 0 aliphatic carbocycles. The standard InChI is InChI=1S/C44H45N9O5/c1-25-20-28(8-9-29(25)22-45-41(56)39-49-43(58-50-39)44(2,3)4)38-35-21-26(23-52(35)47-24-46-38)14-17-51-18-15-27(16-19-51)30-10-11-33-37-31(30)6-5-7-32(37)42(57)53(33)34-12-13-36(54)48-40(34)55/h5-11,20-21,23-24,27,34H,12-19,22H2,1-4H3,(H,45,56)(H,48,54,55). The highest BCUT2D eigenvalue weighted by Gasteiger charge is 2.41. The molecule has 0 bridgehead atoms. The number of imide groups is 1. The number of nitrogens with zero attached hydrogens (tertiary/aromatic N) is 7. The molecule has 4 amide bonds. The Bertz CT molecular complexity index is 2630. The van der Waals surface area contributed by atoms with Crippen LogP contribution in [0.5, 0.6) is 0 Å². The van der Waals surface area contributed by atoms with Gasteiger partial charge in [0.25, 0.3) is 17.6 Å². The number of likely N-dealkylation sites (tertiary alicyclic amines) is 1. The van der Waals surface area contributed by atoms with Gasteiger partial charge in [-0.05, 0) is 104 Å². The van der Waals surface area contributed by atoms with Crippen molar-refractivity contribution in [1.82, 2.24) is 40.3 Å². The first-order valence-electron chi connectivity index (χ1n) is 19.9. The smallest absolute Gasteiger partial charge is 0.292 e. The molecule has 2 N–H and O–H groups in total. The van der Waals surface area contributed by atoms with Crippen LogP contribution in [-0.2, 0) is 28.0 Å². The number of aryl methyl sites for hydroxylation is 1. The molecule has 3 aliphatic rings. The van der Waals surface area contributed by atoms with Gasteiger partial charge in [-0.15, -0.1) is 0 Å². The molecule has 14 nitrogen and oxygen atoms in total. The molecule has 9 rings (SSSR count). The molecular formula is C44H45N9O5. The first-order chi connectivity index (χ1) is 27.9. The Morgan fingerprint density at radius 2 is 1.84 bits per heavy atom. The van der Waals surface area contributed by atoms with Crippen LogP contribution in [0, 0.1) is 6.92 Å². The minimum absolute atomic E-state index is 0.0202. The maximum absolute atomic E-state index is 13.6. The molecule has 6 heterocycles. The van der Waals surface area contributed by atoms with Gasteiger partial charge in [-0.3, -0.25) is 29.4 Å². The van der Waals surface area contributed by atoms with Crippen LogP contribution in [0.1, 0.15) is 101 Å². The second-order valence-corrected chi connectivity index (χ2v) is 16.7. The van der Waals surface area contributed by atoms with Crippen molar-refractivity contribution in [2.75, 3.05) is 24.5 Å². The van der Waals surface area contributed by atoms with Crippen LogP contribution in [0.3, 0.4) is 0 Å². The van der Waals surface area contributed by atoms with Gasteiger partial charge < -0.3 is 14.7 Å². The summed E-state index contributed by atoms with van der Waals surface area (Å²) in [6.07, 6.45) is 7.09. The maximum Gasteiger partial charge on any atom is 0.292 e. The Labute approximate surface area is 335 Å². The summed E-state index contributed by atoms with van der Waals surface area (Å²) in [4.78, 5) is 64.0. The zero-order chi connectivity index (χ0) is 40.3. The van der Waals surface area contributed by atoms with E-state index < -0.39 is 11.9 Å². The van der Waals surface area contributed by atoms with Crippen molar-refractivity contribution in [2.45, 2.75) is 83.7 Å². The van der Waals surface area contributed by atoms with Gasteiger partial charge in [0.1, 0.15) is 12.4 Å². The van der Waals surface area contributed by atoms with E-state index in [0.29, 0.717) is 30.3 Å². The molecule has 6 aromatic rings. The number of piperidine rings is 2. The SMILES string of the molecule is Cc1cc(-c2ncnn3cc(CCN4CCC(c5ccc6c7c(cccc57)C(=O)N6C5CCC(=O)NC5=O)CC4)cc23)ccc1CNC(=O)c1noc(C(C)(C)C)n1. The van der Waals surface area contributed by atoms with Crippen molar-refractivity contribution >= 4 is 45.6 Å². The monoisotopic (exact) mass is 779 g/mol. The number of carbonyl (C=O) groups is 4. The van der Waals surface area contributed by atoms with E-state index in [1.165, 1.54) is 11.1 Å². The first kappa shape index (κ1) is 37.3. The van der Waals surface area contributed by atoms with Gasteiger partial charge in [-0.2, -0.15) is 10.1 Å². The molecule has 14 heteroatoms. The second kappa shape index (κ2) is 14.6. The summed E-state index contributed by atoms with van der Waals surface area (Å²) in [5, 5.41) is 15.7. The molecule has 1 atom stereocenters. The van der Waals surface area contributed by atoms with E-state index in [0.717, 1.165) is 83.3 Å². The highest BCUT2D eigenvalue weighted by atomic mass is 16.5. The van der Waals surface area contributed by atoms with E-state index in [9.17, 15) is 19.2 Å². The summed E-state index contributed by atoms with van der Waals surface area (Å²) in [6, 6.07) is 17.6. The number of rotatable bonds is 9. The fourth-order valence-electron chi connectivity index (χ4n) is 8.64. The van der Waals surface area contributed by atoms with Gasteiger partial charge in [0.2, 0.25) is 17.7 Å². The van der Waals surface area contributed by atoms with Crippen molar-refractivity contribution < 1.29 is 23.7 Å². The Balaban J connectivity index is 0.834. The summed E-state index contributed by atoms with van der Waals surface area (Å²) in [5.41, 5.74) is 8.21. The molecule has 3 aliphatic heterocycles. The van der Waals surface area contributed by atoms with Crippen LogP contribution in [-0.4, -0.2) is 78.9 Å². The molecule has 3 aromatic heterocycles. The number of aromatic nitrogens is 5. The summed E-state index contributed by atoms with van der Waals surface area (Å²) in [5.74, 6) is -0.484. The Morgan fingerprint density at radius 1 is 1.02 bits per heavy atom. The highest BCUT2D eigenvalue weighted by Crippen LogP contribution is 2.44. The average molecular weight is 780 g/mol. The van der Waals surface area contributed by atoms with E-state index in [1.54, 1.807) is 11.2 Å². The predicted octanol–water partition coefficient (Wildman–Crippen LogP) is 5.66. The lowest BCUT2D eigenvalue weighted by atomic mass is 9.85. The Hall–Kier alpha value is -6.28. The lowest BCUT2D eigenvalue weighted by Crippen LogP contribution is -2.53. The van der Waals surface area contributed by atoms with Crippen molar-refractivity contribution in [3.05, 3.63) is 107 Å². The molecule has 1 unspecified atom stereocenters. The van der Waals surface area contributed by atoms with Crippen molar-refractivity contribution in [1.29, 1.82) is 0 Å². The van der Waals surface area contributed by atoms with E-state index in [-0.39, 0.29) is 35.4 Å². The lowest BCUT2D eigenvalue weighted by molar-refractivity contribution is -0.134. The van der Waals surface area contributed by atoms with Gasteiger partial charge in [-0.1, -0.05) is 56.3 Å². The molecular weight excluding hydrogens is 735 g/mol. The van der Waals surface area contributed by atoms with Crippen LogP contribution in [0.4, 0.5) is 5.69 Å². The minimum atomic E-state index is -0.692. The quantitative estimate of drug-likeness (QED) is 0.175. The largest absolute Gasteiger partial charge is 0.345 e. The highest BCUT2D eigenvalue weighted by molar-refractivity contribution is 6.27. The van der Waals surface area contributed by atoms with Gasteiger partial charge in [0, 0.05) is 47.6 Å². The van der Waals surface area contributed by atoms with Crippen LogP contribution >= 0.6 is 0 Å². The average Bonchev–Trinajstić information content (AvgIpc) is 3.95. The molecule has 296 valence electrons. The lowest BCUT2D eigenvalue weighted by Gasteiger charge is -2.33. The Morgan fingerprint density at radius 3 is 2.60 bits per heavy atom. The van der Waals surface area contributed by atoms with Gasteiger partial charge >= 0.3 is 0 Å². The number of hydrogen-bond donors (Lipinski definition) is 2. The third-order valence-corrected chi connectivity index (χ3v) is 11.8. The van der Waals surface area contributed by atoms with Crippen molar-refractivity contribution in [3.63, 3.8) is 0 Å². The third kappa shape index (κ3) is 6.80. The summed E-state index contributed by atoms with van der Waals surface area (Å²) in [6.45, 7) is 11.0. The number of hydrogen-bond acceptors (Lipinski definition) is 10. The number of carbonyl (C=O) groups excluding carboxylic acids is 4. The summed E-state index contributed by atoms with van der Waals surface area (Å²) < 4.78 is 7.17. The zero-order valence-corrected chi connectivity index (χ0v) is 33.0. The van der Waals surface area contributed by atoms with Crippen LogP contribution in [0.2, 0.25) is 0 Å².